The normalized spacial score (nSPS) is 10.5. The summed E-state index contributed by atoms with van der Waals surface area (Å²) in [5.41, 5.74) is 1.00. The fourth-order valence-corrected chi connectivity index (χ4v) is 1.77. The van der Waals surface area contributed by atoms with Gasteiger partial charge in [-0.15, -0.1) is 11.3 Å². The SMILES string of the molecule is Cc1ncc(-c2ccn(C)n2)s1. The molecule has 0 amide bonds. The lowest BCUT2D eigenvalue weighted by Gasteiger charge is -1.86. The molecule has 0 unspecified atom stereocenters. The highest BCUT2D eigenvalue weighted by molar-refractivity contribution is 7.15. The van der Waals surface area contributed by atoms with Gasteiger partial charge in [-0.3, -0.25) is 4.68 Å². The van der Waals surface area contributed by atoms with E-state index in [0.717, 1.165) is 15.6 Å². The first-order chi connectivity index (χ1) is 5.75. The monoisotopic (exact) mass is 179 g/mol. The molecule has 2 rings (SSSR count). The lowest BCUT2D eigenvalue weighted by atomic mass is 10.4. The van der Waals surface area contributed by atoms with Crippen molar-refractivity contribution in [1.82, 2.24) is 14.8 Å². The van der Waals surface area contributed by atoms with Gasteiger partial charge in [-0.25, -0.2) is 4.98 Å². The van der Waals surface area contributed by atoms with E-state index >= 15 is 0 Å². The average molecular weight is 179 g/mol. The first kappa shape index (κ1) is 7.49. The van der Waals surface area contributed by atoms with Crippen molar-refractivity contribution in [3.05, 3.63) is 23.5 Å². The molecule has 0 N–H and O–H groups in total. The molecule has 0 saturated heterocycles. The number of nitrogens with zero attached hydrogens (tertiary/aromatic N) is 3. The van der Waals surface area contributed by atoms with Gasteiger partial charge in [0.1, 0.15) is 5.69 Å². The molecule has 0 atom stereocenters. The van der Waals surface area contributed by atoms with E-state index < -0.39 is 0 Å². The quantitative estimate of drug-likeness (QED) is 0.669. The van der Waals surface area contributed by atoms with Crippen molar-refractivity contribution in [2.24, 2.45) is 7.05 Å². The molecule has 0 radical (unpaired) electrons. The Morgan fingerprint density at radius 2 is 2.33 bits per heavy atom. The van der Waals surface area contributed by atoms with Crippen LogP contribution >= 0.6 is 11.3 Å². The summed E-state index contributed by atoms with van der Waals surface area (Å²) in [4.78, 5) is 5.30. The largest absolute Gasteiger partial charge is 0.275 e. The van der Waals surface area contributed by atoms with Crippen molar-refractivity contribution in [3.8, 4) is 10.6 Å². The van der Waals surface area contributed by atoms with Gasteiger partial charge in [0, 0.05) is 19.4 Å². The second-order valence-electron chi connectivity index (χ2n) is 2.62. The lowest BCUT2D eigenvalue weighted by molar-refractivity contribution is 0.771. The van der Waals surface area contributed by atoms with Gasteiger partial charge in [0.2, 0.25) is 0 Å². The van der Waals surface area contributed by atoms with E-state index in [4.69, 9.17) is 0 Å². The Morgan fingerprint density at radius 3 is 2.83 bits per heavy atom. The zero-order valence-electron chi connectivity index (χ0n) is 6.98. The molecule has 0 fully saturated rings. The number of hydrogen-bond acceptors (Lipinski definition) is 3. The maximum Gasteiger partial charge on any atom is 0.104 e. The van der Waals surface area contributed by atoms with Gasteiger partial charge in [0.05, 0.1) is 9.88 Å². The van der Waals surface area contributed by atoms with Crippen molar-refractivity contribution in [1.29, 1.82) is 0 Å². The molecular weight excluding hydrogens is 170 g/mol. The average Bonchev–Trinajstić information content (AvgIpc) is 2.58. The highest BCUT2D eigenvalue weighted by atomic mass is 32.1. The summed E-state index contributed by atoms with van der Waals surface area (Å²) < 4.78 is 1.80. The first-order valence-corrected chi connectivity index (χ1v) is 4.50. The third-order valence-corrected chi connectivity index (χ3v) is 2.52. The van der Waals surface area contributed by atoms with Crippen molar-refractivity contribution < 1.29 is 0 Å². The van der Waals surface area contributed by atoms with Crippen LogP contribution in [0.15, 0.2) is 18.5 Å². The number of aromatic nitrogens is 3. The van der Waals surface area contributed by atoms with E-state index in [1.807, 2.05) is 32.4 Å². The van der Waals surface area contributed by atoms with Gasteiger partial charge in [0.25, 0.3) is 0 Å². The third kappa shape index (κ3) is 1.25. The fourth-order valence-electron chi connectivity index (χ4n) is 1.03. The number of aryl methyl sites for hydroxylation is 2. The minimum absolute atomic E-state index is 1.00. The van der Waals surface area contributed by atoms with Crippen molar-refractivity contribution in [3.63, 3.8) is 0 Å². The number of rotatable bonds is 1. The van der Waals surface area contributed by atoms with Crippen molar-refractivity contribution in [2.75, 3.05) is 0 Å². The first-order valence-electron chi connectivity index (χ1n) is 3.68. The summed E-state index contributed by atoms with van der Waals surface area (Å²) >= 11 is 1.67. The van der Waals surface area contributed by atoms with Crippen LogP contribution in [0.1, 0.15) is 5.01 Å². The molecule has 0 aliphatic rings. The van der Waals surface area contributed by atoms with Crippen LogP contribution in [0.3, 0.4) is 0 Å². The summed E-state index contributed by atoms with van der Waals surface area (Å²) in [6, 6.07) is 1.99. The van der Waals surface area contributed by atoms with Crippen LogP contribution in [-0.2, 0) is 7.05 Å². The zero-order valence-corrected chi connectivity index (χ0v) is 7.80. The molecule has 2 aromatic rings. The Bertz CT molecular complexity index is 350. The molecule has 2 aromatic heterocycles. The minimum Gasteiger partial charge on any atom is -0.275 e. The van der Waals surface area contributed by atoms with Crippen LogP contribution in [0.25, 0.3) is 10.6 Å². The lowest BCUT2D eigenvalue weighted by Crippen LogP contribution is -1.86. The standard InChI is InChI=1S/C8H9N3S/c1-6-9-5-8(12-6)7-3-4-11(2)10-7/h3-5H,1-2H3. The maximum atomic E-state index is 4.28. The second-order valence-corrected chi connectivity index (χ2v) is 3.85. The summed E-state index contributed by atoms with van der Waals surface area (Å²) in [7, 11) is 1.91. The van der Waals surface area contributed by atoms with Crippen molar-refractivity contribution >= 4 is 11.3 Å². The highest BCUT2D eigenvalue weighted by Gasteiger charge is 2.03. The van der Waals surface area contributed by atoms with Crippen LogP contribution in [-0.4, -0.2) is 14.8 Å². The summed E-state index contributed by atoms with van der Waals surface area (Å²) in [6.07, 6.45) is 3.80. The van der Waals surface area contributed by atoms with E-state index in [1.165, 1.54) is 0 Å². The van der Waals surface area contributed by atoms with Crippen LogP contribution in [0, 0.1) is 6.92 Å². The molecule has 0 spiro atoms. The summed E-state index contributed by atoms with van der Waals surface area (Å²) in [5, 5.41) is 5.36. The molecule has 2 heterocycles. The van der Waals surface area contributed by atoms with Gasteiger partial charge in [-0.1, -0.05) is 0 Å². The molecule has 0 aliphatic carbocycles. The Hall–Kier alpha value is -1.16. The smallest absolute Gasteiger partial charge is 0.104 e. The molecule has 0 aromatic carbocycles. The van der Waals surface area contributed by atoms with E-state index in [0.29, 0.717) is 0 Å². The van der Waals surface area contributed by atoms with Crippen LogP contribution in [0.2, 0.25) is 0 Å². The maximum absolute atomic E-state index is 4.28. The molecule has 0 aliphatic heterocycles. The molecule has 12 heavy (non-hydrogen) atoms. The third-order valence-electron chi connectivity index (χ3n) is 1.59. The Morgan fingerprint density at radius 1 is 1.50 bits per heavy atom. The van der Waals surface area contributed by atoms with E-state index in [2.05, 4.69) is 10.1 Å². The molecule has 4 heteroatoms. The summed E-state index contributed by atoms with van der Waals surface area (Å²) in [6.45, 7) is 2.00. The van der Waals surface area contributed by atoms with Gasteiger partial charge in [-0.2, -0.15) is 5.10 Å². The van der Waals surface area contributed by atoms with Gasteiger partial charge in [0.15, 0.2) is 0 Å². The van der Waals surface area contributed by atoms with Gasteiger partial charge >= 0.3 is 0 Å². The van der Waals surface area contributed by atoms with E-state index in [-0.39, 0.29) is 0 Å². The topological polar surface area (TPSA) is 30.7 Å². The predicted molar refractivity (Wildman–Crippen MR) is 49.1 cm³/mol. The predicted octanol–water partition coefficient (Wildman–Crippen LogP) is 1.85. The Balaban J connectivity index is 2.43. The molecule has 0 bridgehead atoms. The van der Waals surface area contributed by atoms with Crippen LogP contribution < -0.4 is 0 Å². The van der Waals surface area contributed by atoms with Gasteiger partial charge < -0.3 is 0 Å². The van der Waals surface area contributed by atoms with Crippen molar-refractivity contribution in [2.45, 2.75) is 6.92 Å². The van der Waals surface area contributed by atoms with E-state index in [9.17, 15) is 0 Å². The fraction of sp³-hybridized carbons (Fsp3) is 0.250. The van der Waals surface area contributed by atoms with Crippen LogP contribution in [0.4, 0.5) is 0 Å². The number of hydrogen-bond donors (Lipinski definition) is 0. The Labute approximate surface area is 74.7 Å². The highest BCUT2D eigenvalue weighted by Crippen LogP contribution is 2.23. The van der Waals surface area contributed by atoms with Gasteiger partial charge in [-0.05, 0) is 13.0 Å². The zero-order chi connectivity index (χ0) is 8.55. The molecule has 0 saturated carbocycles. The van der Waals surface area contributed by atoms with Crippen LogP contribution in [0.5, 0.6) is 0 Å². The molecule has 3 nitrogen and oxygen atoms in total. The Kier molecular flexibility index (Phi) is 1.69. The second kappa shape index (κ2) is 2.71. The summed E-state index contributed by atoms with van der Waals surface area (Å²) in [5.74, 6) is 0. The molecular formula is C8H9N3S. The molecule has 62 valence electrons. The van der Waals surface area contributed by atoms with E-state index in [1.54, 1.807) is 16.0 Å². The minimum atomic E-state index is 1.00. The number of thiazole rings is 1.